The minimum absolute atomic E-state index is 0.309. The lowest BCUT2D eigenvalue weighted by Gasteiger charge is -2.17. The molecule has 0 heterocycles. The molecule has 0 saturated heterocycles. The molecular formula is C17H19NO3. The Morgan fingerprint density at radius 3 is 2.29 bits per heavy atom. The van der Waals surface area contributed by atoms with Crippen molar-refractivity contribution in [1.29, 1.82) is 0 Å². The van der Waals surface area contributed by atoms with Crippen molar-refractivity contribution < 1.29 is 14.3 Å². The number of rotatable bonds is 6. The second kappa shape index (κ2) is 7.45. The molecule has 0 fully saturated rings. The first-order valence-corrected chi connectivity index (χ1v) is 6.73. The van der Waals surface area contributed by atoms with E-state index >= 15 is 0 Å². The van der Waals surface area contributed by atoms with Crippen LogP contribution in [0.1, 0.15) is 17.2 Å². The summed E-state index contributed by atoms with van der Waals surface area (Å²) in [6.07, 6.45) is 0. The molecule has 0 aliphatic heterocycles. The third-order valence-electron chi connectivity index (χ3n) is 3.24. The Morgan fingerprint density at radius 1 is 1.05 bits per heavy atom. The van der Waals surface area contributed by atoms with Gasteiger partial charge in [-0.15, -0.1) is 0 Å². The zero-order valence-corrected chi connectivity index (χ0v) is 12.2. The number of nitrogens with one attached hydrogen (secondary N) is 1. The van der Waals surface area contributed by atoms with E-state index < -0.39 is 6.04 Å². The van der Waals surface area contributed by atoms with Crippen LogP contribution >= 0.6 is 0 Å². The lowest BCUT2D eigenvalue weighted by Crippen LogP contribution is -2.29. The van der Waals surface area contributed by atoms with E-state index in [0.717, 1.165) is 16.9 Å². The zero-order chi connectivity index (χ0) is 15.1. The third kappa shape index (κ3) is 4.07. The second-order valence-electron chi connectivity index (χ2n) is 4.60. The Kier molecular flexibility index (Phi) is 5.35. The smallest absolute Gasteiger partial charge is 0.327 e. The molecule has 0 radical (unpaired) electrons. The minimum atomic E-state index is -0.499. The number of carbonyl (C=O) groups excluding carboxylic acids is 1. The minimum Gasteiger partial charge on any atom is -0.497 e. The summed E-state index contributed by atoms with van der Waals surface area (Å²) in [5, 5.41) is 3.23. The average Bonchev–Trinajstić information content (AvgIpc) is 2.56. The molecule has 4 nitrogen and oxygen atoms in total. The number of methoxy groups -OCH3 is 2. The van der Waals surface area contributed by atoms with Crippen LogP contribution in [0, 0.1) is 0 Å². The molecule has 1 atom stereocenters. The van der Waals surface area contributed by atoms with Gasteiger partial charge in [0.15, 0.2) is 0 Å². The Balaban J connectivity index is 2.12. The van der Waals surface area contributed by atoms with E-state index in [1.54, 1.807) is 7.11 Å². The predicted octanol–water partition coefficient (Wildman–Crippen LogP) is 2.70. The number of hydrogen-bond donors (Lipinski definition) is 1. The van der Waals surface area contributed by atoms with Crippen LogP contribution in [0.5, 0.6) is 5.75 Å². The maximum absolute atomic E-state index is 12.0. The van der Waals surface area contributed by atoms with Crippen molar-refractivity contribution in [3.8, 4) is 5.75 Å². The molecule has 0 aromatic heterocycles. The number of carbonyl (C=O) groups is 1. The molecule has 2 aromatic carbocycles. The van der Waals surface area contributed by atoms with E-state index in [1.165, 1.54) is 7.11 Å². The van der Waals surface area contributed by atoms with Crippen LogP contribution in [-0.4, -0.2) is 20.2 Å². The second-order valence-corrected chi connectivity index (χ2v) is 4.60. The molecule has 21 heavy (non-hydrogen) atoms. The summed E-state index contributed by atoms with van der Waals surface area (Å²) in [5.74, 6) is 0.446. The SMILES string of the molecule is COC(=O)[C@H](NCc1ccccc1)c1ccc(OC)cc1. The van der Waals surface area contributed by atoms with Gasteiger partial charge in [-0.1, -0.05) is 42.5 Å². The number of benzene rings is 2. The fourth-order valence-corrected chi connectivity index (χ4v) is 2.07. The van der Waals surface area contributed by atoms with Gasteiger partial charge in [-0.25, -0.2) is 4.79 Å². The van der Waals surface area contributed by atoms with E-state index in [1.807, 2.05) is 54.6 Å². The van der Waals surface area contributed by atoms with E-state index in [2.05, 4.69) is 5.32 Å². The quantitative estimate of drug-likeness (QED) is 0.829. The summed E-state index contributed by atoms with van der Waals surface area (Å²) >= 11 is 0. The van der Waals surface area contributed by atoms with Crippen molar-refractivity contribution in [3.63, 3.8) is 0 Å². The van der Waals surface area contributed by atoms with Gasteiger partial charge in [-0.3, -0.25) is 5.32 Å². The number of esters is 1. The van der Waals surface area contributed by atoms with Crippen LogP contribution in [-0.2, 0) is 16.1 Å². The molecule has 0 aliphatic rings. The molecule has 1 N–H and O–H groups in total. The fourth-order valence-electron chi connectivity index (χ4n) is 2.07. The van der Waals surface area contributed by atoms with Gasteiger partial charge in [-0.05, 0) is 23.3 Å². The topological polar surface area (TPSA) is 47.6 Å². The van der Waals surface area contributed by atoms with E-state index in [4.69, 9.17) is 9.47 Å². The molecule has 2 aromatic rings. The summed E-state index contributed by atoms with van der Waals surface area (Å²) in [5.41, 5.74) is 1.96. The van der Waals surface area contributed by atoms with Gasteiger partial charge < -0.3 is 9.47 Å². The molecule has 0 bridgehead atoms. The van der Waals surface area contributed by atoms with Crippen molar-refractivity contribution in [2.75, 3.05) is 14.2 Å². The molecule has 0 aliphatic carbocycles. The largest absolute Gasteiger partial charge is 0.497 e. The summed E-state index contributed by atoms with van der Waals surface area (Å²) in [7, 11) is 3.00. The molecule has 4 heteroatoms. The van der Waals surface area contributed by atoms with Crippen LogP contribution in [0.4, 0.5) is 0 Å². The van der Waals surface area contributed by atoms with Crippen molar-refractivity contribution in [3.05, 3.63) is 65.7 Å². The molecule has 110 valence electrons. The normalized spacial score (nSPS) is 11.7. The van der Waals surface area contributed by atoms with Gasteiger partial charge >= 0.3 is 5.97 Å². The third-order valence-corrected chi connectivity index (χ3v) is 3.24. The van der Waals surface area contributed by atoms with E-state index in [9.17, 15) is 4.79 Å². The van der Waals surface area contributed by atoms with Crippen molar-refractivity contribution in [1.82, 2.24) is 5.32 Å². The summed E-state index contributed by atoms with van der Waals surface area (Å²) in [6.45, 7) is 0.590. The standard InChI is InChI=1S/C17H19NO3/c1-20-15-10-8-14(9-11-15)16(17(19)21-2)18-12-13-6-4-3-5-7-13/h3-11,16,18H,12H2,1-2H3/t16-/m1/s1. The van der Waals surface area contributed by atoms with Gasteiger partial charge in [0.05, 0.1) is 14.2 Å². The molecule has 2 rings (SSSR count). The highest BCUT2D eigenvalue weighted by molar-refractivity contribution is 5.77. The monoisotopic (exact) mass is 285 g/mol. The van der Waals surface area contributed by atoms with Gasteiger partial charge in [0, 0.05) is 6.54 Å². The lowest BCUT2D eigenvalue weighted by atomic mass is 10.1. The Labute approximate surface area is 124 Å². The van der Waals surface area contributed by atoms with E-state index in [-0.39, 0.29) is 5.97 Å². The fraction of sp³-hybridized carbons (Fsp3) is 0.235. The highest BCUT2D eigenvalue weighted by Gasteiger charge is 2.20. The lowest BCUT2D eigenvalue weighted by molar-refractivity contribution is -0.143. The van der Waals surface area contributed by atoms with Crippen LogP contribution < -0.4 is 10.1 Å². The van der Waals surface area contributed by atoms with Gasteiger partial charge in [0.2, 0.25) is 0 Å². The molecule has 0 unspecified atom stereocenters. The Bertz CT molecular complexity index is 566. The predicted molar refractivity (Wildman–Crippen MR) is 81.0 cm³/mol. The number of ether oxygens (including phenoxy) is 2. The van der Waals surface area contributed by atoms with Gasteiger partial charge in [0.25, 0.3) is 0 Å². The first-order valence-electron chi connectivity index (χ1n) is 6.73. The molecule has 0 spiro atoms. The Morgan fingerprint density at radius 2 is 1.71 bits per heavy atom. The summed E-state index contributed by atoms with van der Waals surface area (Å²) in [4.78, 5) is 12.0. The van der Waals surface area contributed by atoms with Crippen molar-refractivity contribution >= 4 is 5.97 Å². The number of hydrogen-bond acceptors (Lipinski definition) is 4. The van der Waals surface area contributed by atoms with Crippen LogP contribution in [0.25, 0.3) is 0 Å². The summed E-state index contributed by atoms with van der Waals surface area (Å²) < 4.78 is 10.0. The van der Waals surface area contributed by atoms with Crippen LogP contribution in [0.15, 0.2) is 54.6 Å². The zero-order valence-electron chi connectivity index (χ0n) is 12.2. The van der Waals surface area contributed by atoms with Gasteiger partial charge in [-0.2, -0.15) is 0 Å². The van der Waals surface area contributed by atoms with Crippen molar-refractivity contribution in [2.24, 2.45) is 0 Å². The van der Waals surface area contributed by atoms with E-state index in [0.29, 0.717) is 6.54 Å². The first-order chi connectivity index (χ1) is 10.2. The Hall–Kier alpha value is -2.33. The van der Waals surface area contributed by atoms with Gasteiger partial charge in [0.1, 0.15) is 11.8 Å². The maximum Gasteiger partial charge on any atom is 0.327 e. The summed E-state index contributed by atoms with van der Waals surface area (Å²) in [6, 6.07) is 16.8. The average molecular weight is 285 g/mol. The highest BCUT2D eigenvalue weighted by atomic mass is 16.5. The highest BCUT2D eigenvalue weighted by Crippen LogP contribution is 2.19. The van der Waals surface area contributed by atoms with Crippen LogP contribution in [0.3, 0.4) is 0 Å². The first kappa shape index (κ1) is 15.1. The van der Waals surface area contributed by atoms with Crippen LogP contribution in [0.2, 0.25) is 0 Å². The molecule has 0 amide bonds. The molecular weight excluding hydrogens is 266 g/mol. The molecule has 0 saturated carbocycles. The maximum atomic E-state index is 12.0. The van der Waals surface area contributed by atoms with Crippen molar-refractivity contribution in [2.45, 2.75) is 12.6 Å².